The number of rotatable bonds is 4. The summed E-state index contributed by atoms with van der Waals surface area (Å²) in [6.45, 7) is 4.95. The minimum absolute atomic E-state index is 0. The number of amides is 1. The molecule has 140 valence electrons. The first-order chi connectivity index (χ1) is 11.4. The van der Waals surface area contributed by atoms with Crippen LogP contribution in [-0.4, -0.2) is 18.5 Å². The third-order valence-electron chi connectivity index (χ3n) is 6.11. The predicted octanol–water partition coefficient (Wildman–Crippen LogP) is 4.31. The Kier molecular flexibility index (Phi) is 6.80. The van der Waals surface area contributed by atoms with Gasteiger partial charge < -0.3 is 11.1 Å². The number of hydrogen-bond acceptors (Lipinski definition) is 2. The van der Waals surface area contributed by atoms with Crippen LogP contribution < -0.4 is 11.1 Å². The zero-order valence-corrected chi connectivity index (χ0v) is 16.7. The van der Waals surface area contributed by atoms with Gasteiger partial charge in [0.2, 0.25) is 5.91 Å². The first kappa shape index (κ1) is 20.5. The first-order valence-corrected chi connectivity index (χ1v) is 9.54. The van der Waals surface area contributed by atoms with Crippen molar-refractivity contribution in [1.82, 2.24) is 5.32 Å². The molecule has 2 aliphatic carbocycles. The average molecular weight is 385 g/mol. The molecule has 2 aliphatic rings. The lowest BCUT2D eigenvalue weighted by molar-refractivity contribution is -0.128. The van der Waals surface area contributed by atoms with Crippen molar-refractivity contribution in [3.8, 4) is 0 Å². The van der Waals surface area contributed by atoms with Gasteiger partial charge in [-0.15, -0.1) is 12.4 Å². The zero-order chi connectivity index (χ0) is 17.3. The highest BCUT2D eigenvalue weighted by Gasteiger charge is 2.40. The molecule has 2 saturated carbocycles. The van der Waals surface area contributed by atoms with Crippen LogP contribution in [0.25, 0.3) is 0 Å². The molecule has 0 saturated heterocycles. The van der Waals surface area contributed by atoms with Crippen molar-refractivity contribution in [2.24, 2.45) is 23.5 Å². The largest absolute Gasteiger partial charge is 0.355 e. The second-order valence-corrected chi connectivity index (χ2v) is 8.74. The lowest BCUT2D eigenvalue weighted by Crippen LogP contribution is -2.50. The summed E-state index contributed by atoms with van der Waals surface area (Å²) in [5, 5.41) is 3.94. The molecule has 3 nitrogen and oxygen atoms in total. The van der Waals surface area contributed by atoms with E-state index >= 15 is 0 Å². The van der Waals surface area contributed by atoms with Crippen LogP contribution in [0.1, 0.15) is 51.5 Å². The van der Waals surface area contributed by atoms with Crippen LogP contribution in [0.15, 0.2) is 24.3 Å². The topological polar surface area (TPSA) is 55.1 Å². The Morgan fingerprint density at radius 1 is 1.20 bits per heavy atom. The SMILES string of the molecule is CC(C)(CNC(=O)C1CC2CCCC(C1)C2N)c1ccc(Cl)cc1.Cl. The van der Waals surface area contributed by atoms with Gasteiger partial charge in [-0.2, -0.15) is 0 Å². The summed E-state index contributed by atoms with van der Waals surface area (Å²) in [7, 11) is 0. The molecule has 2 fully saturated rings. The van der Waals surface area contributed by atoms with Crippen LogP contribution in [-0.2, 0) is 10.2 Å². The first-order valence-electron chi connectivity index (χ1n) is 9.16. The normalized spacial score (nSPS) is 28.8. The smallest absolute Gasteiger partial charge is 0.223 e. The van der Waals surface area contributed by atoms with Crippen molar-refractivity contribution in [3.63, 3.8) is 0 Å². The number of carbonyl (C=O) groups excluding carboxylic acids is 1. The van der Waals surface area contributed by atoms with Crippen molar-refractivity contribution in [3.05, 3.63) is 34.9 Å². The molecule has 2 atom stereocenters. The molecule has 0 radical (unpaired) electrons. The molecule has 3 rings (SSSR count). The van der Waals surface area contributed by atoms with Gasteiger partial charge in [-0.25, -0.2) is 0 Å². The van der Waals surface area contributed by atoms with E-state index in [1.807, 2.05) is 24.3 Å². The lowest BCUT2D eigenvalue weighted by atomic mass is 9.65. The molecule has 2 bridgehead atoms. The number of hydrogen-bond donors (Lipinski definition) is 2. The van der Waals surface area contributed by atoms with E-state index in [0.29, 0.717) is 24.4 Å². The summed E-state index contributed by atoms with van der Waals surface area (Å²) in [6.07, 6.45) is 5.59. The minimum atomic E-state index is -0.110. The fourth-order valence-corrected chi connectivity index (χ4v) is 4.58. The third-order valence-corrected chi connectivity index (χ3v) is 6.37. The number of carbonyl (C=O) groups is 1. The van der Waals surface area contributed by atoms with E-state index in [0.717, 1.165) is 17.9 Å². The van der Waals surface area contributed by atoms with E-state index in [4.69, 9.17) is 17.3 Å². The molecule has 0 aliphatic heterocycles. The molecule has 0 spiro atoms. The Balaban J connectivity index is 0.00000225. The molecular formula is C20H30Cl2N2O. The standard InChI is InChI=1S/C20H29ClN2O.ClH/c1-20(2,16-6-8-17(21)9-7-16)12-23-19(24)15-10-13-4-3-5-14(11-15)18(13)22;/h6-9,13-15,18H,3-5,10-12,22H2,1-2H3,(H,23,24);1H. The number of fused-ring (bicyclic) bond motifs is 2. The van der Waals surface area contributed by atoms with Gasteiger partial charge in [-0.05, 0) is 55.2 Å². The van der Waals surface area contributed by atoms with E-state index < -0.39 is 0 Å². The number of benzene rings is 1. The Morgan fingerprint density at radius 3 is 2.32 bits per heavy atom. The second kappa shape index (κ2) is 8.28. The Bertz CT molecular complexity index is 574. The maximum absolute atomic E-state index is 12.7. The Hall–Kier alpha value is -0.770. The summed E-state index contributed by atoms with van der Waals surface area (Å²) in [6, 6.07) is 8.21. The minimum Gasteiger partial charge on any atom is -0.355 e. The van der Waals surface area contributed by atoms with E-state index in [2.05, 4.69) is 19.2 Å². The van der Waals surface area contributed by atoms with Gasteiger partial charge in [0.25, 0.3) is 0 Å². The molecular weight excluding hydrogens is 355 g/mol. The number of nitrogens with one attached hydrogen (secondary N) is 1. The lowest BCUT2D eigenvalue weighted by Gasteiger charge is -2.43. The molecule has 3 N–H and O–H groups in total. The van der Waals surface area contributed by atoms with Gasteiger partial charge in [0.1, 0.15) is 0 Å². The number of halogens is 2. The van der Waals surface area contributed by atoms with Gasteiger partial charge in [0.15, 0.2) is 0 Å². The van der Waals surface area contributed by atoms with Gasteiger partial charge in [-0.1, -0.05) is 44.0 Å². The van der Waals surface area contributed by atoms with Gasteiger partial charge in [0, 0.05) is 28.9 Å². The van der Waals surface area contributed by atoms with Crippen molar-refractivity contribution in [1.29, 1.82) is 0 Å². The highest BCUT2D eigenvalue weighted by atomic mass is 35.5. The Morgan fingerprint density at radius 2 is 1.76 bits per heavy atom. The van der Waals surface area contributed by atoms with Gasteiger partial charge in [-0.3, -0.25) is 4.79 Å². The molecule has 1 aromatic rings. The highest BCUT2D eigenvalue weighted by Crippen LogP contribution is 2.42. The second-order valence-electron chi connectivity index (χ2n) is 8.31. The van der Waals surface area contributed by atoms with Gasteiger partial charge >= 0.3 is 0 Å². The van der Waals surface area contributed by atoms with Gasteiger partial charge in [0.05, 0.1) is 0 Å². The quantitative estimate of drug-likeness (QED) is 0.812. The van der Waals surface area contributed by atoms with Crippen LogP contribution in [0.3, 0.4) is 0 Å². The molecule has 0 heterocycles. The zero-order valence-electron chi connectivity index (χ0n) is 15.1. The summed E-state index contributed by atoms with van der Waals surface area (Å²) >= 11 is 5.97. The van der Waals surface area contributed by atoms with Crippen LogP contribution in [0.2, 0.25) is 5.02 Å². The van der Waals surface area contributed by atoms with Crippen molar-refractivity contribution >= 4 is 29.9 Å². The predicted molar refractivity (Wildman–Crippen MR) is 106 cm³/mol. The van der Waals surface area contributed by atoms with Crippen molar-refractivity contribution in [2.45, 2.75) is 57.4 Å². The van der Waals surface area contributed by atoms with Crippen LogP contribution in [0.4, 0.5) is 0 Å². The summed E-state index contributed by atoms with van der Waals surface area (Å²) in [4.78, 5) is 12.7. The van der Waals surface area contributed by atoms with Crippen LogP contribution in [0.5, 0.6) is 0 Å². The summed E-state index contributed by atoms with van der Waals surface area (Å²) in [5.74, 6) is 1.43. The maximum atomic E-state index is 12.7. The van der Waals surface area contributed by atoms with E-state index in [-0.39, 0.29) is 29.6 Å². The van der Waals surface area contributed by atoms with E-state index in [1.165, 1.54) is 24.8 Å². The summed E-state index contributed by atoms with van der Waals surface area (Å²) < 4.78 is 0. The van der Waals surface area contributed by atoms with Crippen LogP contribution >= 0.6 is 24.0 Å². The Labute approximate surface area is 162 Å². The molecule has 1 amide bonds. The fraction of sp³-hybridized carbons (Fsp3) is 0.650. The fourth-order valence-electron chi connectivity index (χ4n) is 4.46. The molecule has 2 unspecified atom stereocenters. The molecule has 1 aromatic carbocycles. The van der Waals surface area contributed by atoms with Crippen LogP contribution in [0, 0.1) is 17.8 Å². The number of nitrogens with two attached hydrogens (primary N) is 1. The third kappa shape index (κ3) is 4.69. The van der Waals surface area contributed by atoms with Crippen molar-refractivity contribution < 1.29 is 4.79 Å². The van der Waals surface area contributed by atoms with E-state index in [1.54, 1.807) is 0 Å². The molecule has 25 heavy (non-hydrogen) atoms. The average Bonchev–Trinajstić information content (AvgIpc) is 2.53. The molecule has 0 aromatic heterocycles. The monoisotopic (exact) mass is 384 g/mol. The summed E-state index contributed by atoms with van der Waals surface area (Å²) in [5.41, 5.74) is 7.42. The highest BCUT2D eigenvalue weighted by molar-refractivity contribution is 6.30. The van der Waals surface area contributed by atoms with Crippen molar-refractivity contribution in [2.75, 3.05) is 6.54 Å². The molecule has 5 heteroatoms. The maximum Gasteiger partial charge on any atom is 0.223 e. The van der Waals surface area contributed by atoms with E-state index in [9.17, 15) is 4.79 Å².